The number of aromatic amines is 1. The molecule has 1 aromatic heterocycles. The Hall–Kier alpha value is -4.84. The predicted molar refractivity (Wildman–Crippen MR) is 145 cm³/mol. The van der Waals surface area contributed by atoms with Crippen LogP contribution in [0.3, 0.4) is 0 Å². The van der Waals surface area contributed by atoms with Crippen LogP contribution in [0.15, 0.2) is 109 Å². The predicted octanol–water partition coefficient (Wildman–Crippen LogP) is 6.80. The molecule has 5 aromatic rings. The number of hydrogen-bond acceptors (Lipinski definition) is 4. The van der Waals surface area contributed by atoms with E-state index in [0.29, 0.717) is 36.1 Å². The van der Waals surface area contributed by atoms with E-state index in [0.717, 1.165) is 27.9 Å². The molecule has 0 atom stereocenters. The van der Waals surface area contributed by atoms with Gasteiger partial charge in [0.1, 0.15) is 30.4 Å². The zero-order valence-electron chi connectivity index (χ0n) is 20.5. The van der Waals surface area contributed by atoms with Gasteiger partial charge in [0.25, 0.3) is 5.91 Å². The summed E-state index contributed by atoms with van der Waals surface area (Å²) in [6.07, 6.45) is 0. The molecule has 0 aliphatic rings. The second-order valence-electron chi connectivity index (χ2n) is 8.69. The summed E-state index contributed by atoms with van der Waals surface area (Å²) >= 11 is 0. The van der Waals surface area contributed by atoms with Crippen molar-refractivity contribution in [2.45, 2.75) is 20.1 Å². The van der Waals surface area contributed by atoms with Gasteiger partial charge in [0.15, 0.2) is 0 Å². The number of amides is 1. The molecule has 0 fully saturated rings. The average molecular weight is 490 g/mol. The molecule has 4 aromatic carbocycles. The van der Waals surface area contributed by atoms with Crippen LogP contribution in [-0.2, 0) is 13.2 Å². The summed E-state index contributed by atoms with van der Waals surface area (Å²) in [4.78, 5) is 12.8. The van der Waals surface area contributed by atoms with Gasteiger partial charge in [-0.3, -0.25) is 9.89 Å². The van der Waals surface area contributed by atoms with Crippen LogP contribution < -0.4 is 14.8 Å². The minimum atomic E-state index is -0.267. The molecule has 0 aliphatic carbocycles. The van der Waals surface area contributed by atoms with Crippen molar-refractivity contribution >= 4 is 11.6 Å². The first-order chi connectivity index (χ1) is 18.1. The van der Waals surface area contributed by atoms with Gasteiger partial charge in [0, 0.05) is 17.3 Å². The second kappa shape index (κ2) is 11.3. The van der Waals surface area contributed by atoms with Gasteiger partial charge in [0.05, 0.1) is 5.69 Å². The lowest BCUT2D eigenvalue weighted by atomic mass is 10.1. The van der Waals surface area contributed by atoms with Gasteiger partial charge in [-0.1, -0.05) is 78.4 Å². The van der Waals surface area contributed by atoms with E-state index < -0.39 is 0 Å². The number of carbonyl (C=O) groups excluding carboxylic acids is 1. The number of anilines is 1. The first-order valence-electron chi connectivity index (χ1n) is 12.1. The largest absolute Gasteiger partial charge is 0.489 e. The maximum Gasteiger partial charge on any atom is 0.273 e. The topological polar surface area (TPSA) is 76.2 Å². The van der Waals surface area contributed by atoms with Gasteiger partial charge in [-0.2, -0.15) is 5.10 Å². The van der Waals surface area contributed by atoms with Crippen LogP contribution in [0, 0.1) is 6.92 Å². The highest BCUT2D eigenvalue weighted by atomic mass is 16.5. The molecule has 6 nitrogen and oxygen atoms in total. The SMILES string of the molecule is Cc1ccc(NC(=O)c2cc(-c3ccc(OCc4ccccc4)cc3OCc3ccccc3)n[nH]2)cc1. The Bertz CT molecular complexity index is 1460. The Morgan fingerprint density at radius 3 is 2.11 bits per heavy atom. The summed E-state index contributed by atoms with van der Waals surface area (Å²) in [5.41, 5.74) is 5.69. The first-order valence-corrected chi connectivity index (χ1v) is 12.1. The van der Waals surface area contributed by atoms with Crippen molar-refractivity contribution in [3.8, 4) is 22.8 Å². The van der Waals surface area contributed by atoms with Crippen molar-refractivity contribution in [1.29, 1.82) is 0 Å². The molecule has 0 radical (unpaired) electrons. The summed E-state index contributed by atoms with van der Waals surface area (Å²) < 4.78 is 12.2. The number of aromatic nitrogens is 2. The minimum absolute atomic E-state index is 0.267. The molecule has 5 rings (SSSR count). The number of H-pyrrole nitrogens is 1. The van der Waals surface area contributed by atoms with E-state index in [1.54, 1.807) is 6.07 Å². The van der Waals surface area contributed by atoms with Crippen molar-refractivity contribution < 1.29 is 14.3 Å². The molecule has 0 spiro atoms. The van der Waals surface area contributed by atoms with E-state index in [4.69, 9.17) is 9.47 Å². The molecule has 1 amide bonds. The van der Waals surface area contributed by atoms with Crippen molar-refractivity contribution in [2.24, 2.45) is 0 Å². The van der Waals surface area contributed by atoms with Gasteiger partial charge >= 0.3 is 0 Å². The van der Waals surface area contributed by atoms with Crippen molar-refractivity contribution in [3.63, 3.8) is 0 Å². The Kier molecular flexibility index (Phi) is 7.27. The minimum Gasteiger partial charge on any atom is -0.489 e. The zero-order valence-corrected chi connectivity index (χ0v) is 20.5. The standard InChI is InChI=1S/C31H27N3O3/c1-22-12-14-25(15-13-22)32-31(35)29-19-28(33-34-29)27-17-16-26(36-20-23-8-4-2-5-9-23)18-30(27)37-21-24-10-6-3-7-11-24/h2-19H,20-21H2,1H3,(H,32,35)(H,33,34). The van der Waals surface area contributed by atoms with E-state index in [-0.39, 0.29) is 5.91 Å². The lowest BCUT2D eigenvalue weighted by Gasteiger charge is -2.13. The maximum absolute atomic E-state index is 12.8. The zero-order chi connectivity index (χ0) is 25.5. The molecule has 2 N–H and O–H groups in total. The average Bonchev–Trinajstić information content (AvgIpc) is 3.44. The fourth-order valence-electron chi connectivity index (χ4n) is 3.81. The molecule has 184 valence electrons. The third-order valence-electron chi connectivity index (χ3n) is 5.85. The molecule has 0 saturated carbocycles. The van der Waals surface area contributed by atoms with E-state index in [9.17, 15) is 4.79 Å². The quantitative estimate of drug-likeness (QED) is 0.239. The van der Waals surface area contributed by atoms with Gasteiger partial charge in [-0.15, -0.1) is 0 Å². The van der Waals surface area contributed by atoms with E-state index in [1.807, 2.05) is 110 Å². The van der Waals surface area contributed by atoms with Crippen LogP contribution >= 0.6 is 0 Å². The molecule has 1 heterocycles. The van der Waals surface area contributed by atoms with Gasteiger partial charge in [-0.05, 0) is 48.4 Å². The number of nitrogens with one attached hydrogen (secondary N) is 2. The first kappa shape index (κ1) is 23.9. The highest BCUT2D eigenvalue weighted by molar-refractivity contribution is 6.03. The van der Waals surface area contributed by atoms with E-state index in [1.165, 1.54) is 0 Å². The number of carbonyl (C=O) groups is 1. The smallest absolute Gasteiger partial charge is 0.273 e. The molecule has 37 heavy (non-hydrogen) atoms. The molecular weight excluding hydrogens is 462 g/mol. The fraction of sp³-hybridized carbons (Fsp3) is 0.0968. The molecule has 6 heteroatoms. The van der Waals surface area contributed by atoms with Crippen molar-refractivity contribution in [2.75, 3.05) is 5.32 Å². The fourth-order valence-corrected chi connectivity index (χ4v) is 3.81. The number of benzene rings is 4. The number of hydrogen-bond donors (Lipinski definition) is 2. The van der Waals surface area contributed by atoms with Crippen LogP contribution in [-0.4, -0.2) is 16.1 Å². The third kappa shape index (κ3) is 6.24. The highest BCUT2D eigenvalue weighted by Crippen LogP contribution is 2.34. The Morgan fingerprint density at radius 1 is 0.784 bits per heavy atom. The third-order valence-corrected chi connectivity index (χ3v) is 5.85. The molecule has 0 bridgehead atoms. The monoisotopic (exact) mass is 489 g/mol. The van der Waals surface area contributed by atoms with E-state index in [2.05, 4.69) is 15.5 Å². The summed E-state index contributed by atoms with van der Waals surface area (Å²) in [6, 6.07) is 35.0. The number of aryl methyl sites for hydroxylation is 1. The normalized spacial score (nSPS) is 10.6. The Balaban J connectivity index is 1.37. The Labute approximate surface area is 215 Å². The number of nitrogens with zero attached hydrogens (tertiary/aromatic N) is 1. The lowest BCUT2D eigenvalue weighted by Crippen LogP contribution is -2.12. The molecule has 0 saturated heterocycles. The van der Waals surface area contributed by atoms with Crippen LogP contribution in [0.5, 0.6) is 11.5 Å². The summed E-state index contributed by atoms with van der Waals surface area (Å²) in [7, 11) is 0. The van der Waals surface area contributed by atoms with Gasteiger partial charge < -0.3 is 14.8 Å². The summed E-state index contributed by atoms with van der Waals surface area (Å²) in [5, 5.41) is 10.1. The van der Waals surface area contributed by atoms with Crippen LogP contribution in [0.4, 0.5) is 5.69 Å². The number of ether oxygens (including phenoxy) is 2. The summed E-state index contributed by atoms with van der Waals surface area (Å²) in [5.74, 6) is 1.03. The second-order valence-corrected chi connectivity index (χ2v) is 8.69. The molecule has 0 aliphatic heterocycles. The van der Waals surface area contributed by atoms with Gasteiger partial charge in [-0.25, -0.2) is 0 Å². The Morgan fingerprint density at radius 2 is 1.43 bits per heavy atom. The number of rotatable bonds is 9. The summed E-state index contributed by atoms with van der Waals surface area (Å²) in [6.45, 7) is 2.84. The van der Waals surface area contributed by atoms with Crippen molar-refractivity contribution in [3.05, 3.63) is 132 Å². The van der Waals surface area contributed by atoms with Crippen LogP contribution in [0.25, 0.3) is 11.3 Å². The highest BCUT2D eigenvalue weighted by Gasteiger charge is 2.16. The van der Waals surface area contributed by atoms with Crippen molar-refractivity contribution in [1.82, 2.24) is 10.2 Å². The van der Waals surface area contributed by atoms with E-state index >= 15 is 0 Å². The van der Waals surface area contributed by atoms with Gasteiger partial charge in [0.2, 0.25) is 0 Å². The van der Waals surface area contributed by atoms with Crippen LogP contribution in [0.2, 0.25) is 0 Å². The molecular formula is C31H27N3O3. The maximum atomic E-state index is 12.8. The van der Waals surface area contributed by atoms with Crippen LogP contribution in [0.1, 0.15) is 27.2 Å². The molecule has 0 unspecified atom stereocenters. The lowest BCUT2D eigenvalue weighted by molar-refractivity contribution is 0.102.